The van der Waals surface area contributed by atoms with Gasteiger partial charge in [-0.15, -0.1) is 0 Å². The monoisotopic (exact) mass is 306 g/mol. The van der Waals surface area contributed by atoms with Crippen LogP contribution in [0.15, 0.2) is 12.4 Å². The third-order valence-electron chi connectivity index (χ3n) is 4.67. The smallest absolute Gasteiger partial charge is 0.251 e. The Hall–Kier alpha value is -1.40. The average Bonchev–Trinajstić information content (AvgIpc) is 3.22. The van der Waals surface area contributed by atoms with E-state index >= 15 is 0 Å². The van der Waals surface area contributed by atoms with Gasteiger partial charge in [-0.05, 0) is 32.2 Å². The third kappa shape index (κ3) is 3.50. The highest BCUT2D eigenvalue weighted by Crippen LogP contribution is 2.29. The Morgan fingerprint density at radius 1 is 1.50 bits per heavy atom. The minimum atomic E-state index is -0.342. The molecular weight excluding hydrogens is 280 g/mol. The molecule has 2 aliphatic rings. The van der Waals surface area contributed by atoms with E-state index in [0.717, 1.165) is 32.1 Å². The first-order valence-corrected chi connectivity index (χ1v) is 8.32. The molecular formula is C16H26N4O2. The van der Waals surface area contributed by atoms with Crippen LogP contribution in [0.4, 0.5) is 0 Å². The van der Waals surface area contributed by atoms with Gasteiger partial charge in [-0.25, -0.2) is 4.98 Å². The molecule has 122 valence electrons. The standard InChI is InChI=1S/C16H26N4O2/c1-3-19-8-9-20(10-14(19)15-17-6-7-18-15)16(21)12(2)22-11-13-4-5-13/h6-7,12-14H,3-5,8-11H2,1-2H3,(H,17,18)/t12-,14+/m0/s1. The second kappa shape index (κ2) is 6.79. The lowest BCUT2D eigenvalue weighted by atomic mass is 10.1. The van der Waals surface area contributed by atoms with Crippen molar-refractivity contribution in [3.8, 4) is 0 Å². The zero-order chi connectivity index (χ0) is 15.5. The summed E-state index contributed by atoms with van der Waals surface area (Å²) in [6.07, 6.45) is 5.76. The van der Waals surface area contributed by atoms with Crippen molar-refractivity contribution in [3.63, 3.8) is 0 Å². The molecule has 1 amide bonds. The van der Waals surface area contributed by atoms with Crippen LogP contribution in [0.25, 0.3) is 0 Å². The Labute approximate surface area is 131 Å². The summed E-state index contributed by atoms with van der Waals surface area (Å²) in [7, 11) is 0. The Morgan fingerprint density at radius 3 is 2.95 bits per heavy atom. The van der Waals surface area contributed by atoms with Crippen LogP contribution in [0.2, 0.25) is 0 Å². The lowest BCUT2D eigenvalue weighted by Crippen LogP contribution is -2.53. The van der Waals surface area contributed by atoms with E-state index in [-0.39, 0.29) is 18.1 Å². The molecule has 1 aromatic heterocycles. The molecule has 2 fully saturated rings. The van der Waals surface area contributed by atoms with E-state index in [2.05, 4.69) is 21.8 Å². The number of nitrogens with zero attached hydrogens (tertiary/aromatic N) is 3. The molecule has 1 aromatic rings. The highest BCUT2D eigenvalue weighted by Gasteiger charge is 2.33. The zero-order valence-corrected chi connectivity index (χ0v) is 13.5. The molecule has 0 spiro atoms. The van der Waals surface area contributed by atoms with Crippen molar-refractivity contribution in [2.24, 2.45) is 5.92 Å². The van der Waals surface area contributed by atoms with Gasteiger partial charge in [0.2, 0.25) is 0 Å². The van der Waals surface area contributed by atoms with Gasteiger partial charge in [-0.2, -0.15) is 0 Å². The molecule has 0 radical (unpaired) electrons. The number of carbonyl (C=O) groups is 1. The first-order valence-electron chi connectivity index (χ1n) is 8.32. The molecule has 0 unspecified atom stereocenters. The van der Waals surface area contributed by atoms with Gasteiger partial charge in [0.25, 0.3) is 5.91 Å². The van der Waals surface area contributed by atoms with Crippen molar-refractivity contribution in [1.82, 2.24) is 19.8 Å². The molecule has 1 N–H and O–H groups in total. The van der Waals surface area contributed by atoms with Crippen molar-refractivity contribution in [3.05, 3.63) is 18.2 Å². The van der Waals surface area contributed by atoms with Crippen LogP contribution >= 0.6 is 0 Å². The van der Waals surface area contributed by atoms with Crippen LogP contribution in [-0.2, 0) is 9.53 Å². The van der Waals surface area contributed by atoms with E-state index < -0.39 is 0 Å². The number of nitrogens with one attached hydrogen (secondary N) is 1. The maximum absolute atomic E-state index is 12.6. The van der Waals surface area contributed by atoms with E-state index in [9.17, 15) is 4.79 Å². The lowest BCUT2D eigenvalue weighted by molar-refractivity contribution is -0.146. The normalized spacial score (nSPS) is 24.5. The van der Waals surface area contributed by atoms with Gasteiger partial charge in [0, 0.05) is 32.0 Å². The molecule has 0 aromatic carbocycles. The van der Waals surface area contributed by atoms with E-state index in [4.69, 9.17) is 4.74 Å². The molecule has 1 aliphatic carbocycles. The van der Waals surface area contributed by atoms with E-state index in [1.807, 2.05) is 18.0 Å². The predicted molar refractivity (Wildman–Crippen MR) is 83.3 cm³/mol. The maximum atomic E-state index is 12.6. The van der Waals surface area contributed by atoms with Crippen molar-refractivity contribution in [1.29, 1.82) is 0 Å². The maximum Gasteiger partial charge on any atom is 0.251 e. The third-order valence-corrected chi connectivity index (χ3v) is 4.67. The lowest BCUT2D eigenvalue weighted by Gasteiger charge is -2.40. The molecule has 1 aliphatic heterocycles. The van der Waals surface area contributed by atoms with Crippen LogP contribution in [0, 0.1) is 5.92 Å². The van der Waals surface area contributed by atoms with Crippen LogP contribution < -0.4 is 0 Å². The van der Waals surface area contributed by atoms with Crippen LogP contribution in [0.3, 0.4) is 0 Å². The number of piperazine rings is 1. The summed E-state index contributed by atoms with van der Waals surface area (Å²) >= 11 is 0. The summed E-state index contributed by atoms with van der Waals surface area (Å²) in [5.41, 5.74) is 0. The number of hydrogen-bond acceptors (Lipinski definition) is 4. The van der Waals surface area contributed by atoms with Crippen molar-refractivity contribution in [2.75, 3.05) is 32.8 Å². The van der Waals surface area contributed by atoms with Gasteiger partial charge in [0.05, 0.1) is 12.6 Å². The molecule has 3 rings (SSSR count). The number of hydrogen-bond donors (Lipinski definition) is 1. The Kier molecular flexibility index (Phi) is 4.78. The van der Waals surface area contributed by atoms with Gasteiger partial charge in [-0.3, -0.25) is 9.69 Å². The first-order chi connectivity index (χ1) is 10.7. The zero-order valence-electron chi connectivity index (χ0n) is 13.5. The molecule has 6 heteroatoms. The van der Waals surface area contributed by atoms with Gasteiger partial charge in [-0.1, -0.05) is 6.92 Å². The number of aromatic nitrogens is 2. The van der Waals surface area contributed by atoms with E-state index in [0.29, 0.717) is 12.5 Å². The largest absolute Gasteiger partial charge is 0.368 e. The highest BCUT2D eigenvalue weighted by atomic mass is 16.5. The number of rotatable bonds is 6. The van der Waals surface area contributed by atoms with E-state index in [1.165, 1.54) is 12.8 Å². The van der Waals surface area contributed by atoms with Crippen molar-refractivity contribution >= 4 is 5.91 Å². The molecule has 2 atom stereocenters. The molecule has 1 saturated carbocycles. The SMILES string of the molecule is CCN1CCN(C(=O)[C@H](C)OCC2CC2)C[C@@H]1c1ncc[nH]1. The quantitative estimate of drug-likeness (QED) is 0.864. The molecule has 0 bridgehead atoms. The number of likely N-dealkylation sites (N-methyl/N-ethyl adjacent to an activating group) is 1. The second-order valence-electron chi connectivity index (χ2n) is 6.32. The summed E-state index contributed by atoms with van der Waals surface area (Å²) < 4.78 is 5.73. The fourth-order valence-corrected chi connectivity index (χ4v) is 3.01. The number of aromatic amines is 1. The van der Waals surface area contributed by atoms with Gasteiger partial charge < -0.3 is 14.6 Å². The summed E-state index contributed by atoms with van der Waals surface area (Å²) in [5, 5.41) is 0. The number of H-pyrrole nitrogens is 1. The van der Waals surface area contributed by atoms with Crippen molar-refractivity contribution < 1.29 is 9.53 Å². The van der Waals surface area contributed by atoms with Crippen LogP contribution in [0.1, 0.15) is 38.6 Å². The fourth-order valence-electron chi connectivity index (χ4n) is 3.01. The molecule has 2 heterocycles. The summed E-state index contributed by atoms with van der Waals surface area (Å²) in [4.78, 5) is 24.4. The number of imidazole rings is 1. The Bertz CT molecular complexity index is 486. The second-order valence-corrected chi connectivity index (χ2v) is 6.32. The minimum Gasteiger partial charge on any atom is -0.368 e. The Morgan fingerprint density at radius 2 is 2.32 bits per heavy atom. The Balaban J connectivity index is 1.60. The number of carbonyl (C=O) groups excluding carboxylic acids is 1. The molecule has 1 saturated heterocycles. The summed E-state index contributed by atoms with van der Waals surface area (Å²) in [6.45, 7) is 8.03. The predicted octanol–water partition coefficient (Wildman–Crippen LogP) is 1.43. The number of ether oxygens (including phenoxy) is 1. The topological polar surface area (TPSA) is 61.5 Å². The minimum absolute atomic E-state index is 0.105. The summed E-state index contributed by atoms with van der Waals surface area (Å²) in [5.74, 6) is 1.72. The van der Waals surface area contributed by atoms with Gasteiger partial charge in [0.15, 0.2) is 0 Å². The van der Waals surface area contributed by atoms with Gasteiger partial charge >= 0.3 is 0 Å². The van der Waals surface area contributed by atoms with Crippen LogP contribution in [-0.4, -0.2) is 64.6 Å². The first kappa shape index (κ1) is 15.5. The summed E-state index contributed by atoms with van der Waals surface area (Å²) in [6, 6.07) is 0.147. The fraction of sp³-hybridized carbons (Fsp3) is 0.750. The van der Waals surface area contributed by atoms with E-state index in [1.54, 1.807) is 6.20 Å². The van der Waals surface area contributed by atoms with Gasteiger partial charge in [0.1, 0.15) is 11.9 Å². The number of amides is 1. The molecule has 22 heavy (non-hydrogen) atoms. The van der Waals surface area contributed by atoms with Crippen molar-refractivity contribution in [2.45, 2.75) is 38.8 Å². The van der Waals surface area contributed by atoms with Crippen LogP contribution in [0.5, 0.6) is 0 Å². The molecule has 6 nitrogen and oxygen atoms in total. The highest BCUT2D eigenvalue weighted by molar-refractivity contribution is 5.80. The average molecular weight is 306 g/mol.